The van der Waals surface area contributed by atoms with Crippen LogP contribution in [-0.4, -0.2) is 36.5 Å². The van der Waals surface area contributed by atoms with Gasteiger partial charge in [0.2, 0.25) is 0 Å². The number of nitrogens with one attached hydrogen (secondary N) is 2. The summed E-state index contributed by atoms with van der Waals surface area (Å²) >= 11 is 0. The van der Waals surface area contributed by atoms with Crippen LogP contribution in [0.25, 0.3) is 0 Å². The van der Waals surface area contributed by atoms with Gasteiger partial charge in [-0.2, -0.15) is 0 Å². The zero-order valence-corrected chi connectivity index (χ0v) is 14.7. The lowest BCUT2D eigenvalue weighted by Gasteiger charge is -2.13. The van der Waals surface area contributed by atoms with Crippen LogP contribution in [-0.2, 0) is 0 Å². The van der Waals surface area contributed by atoms with E-state index in [0.717, 1.165) is 17.8 Å². The van der Waals surface area contributed by atoms with E-state index in [2.05, 4.69) is 34.4 Å². The lowest BCUT2D eigenvalue weighted by Crippen LogP contribution is -2.26. The molecule has 0 aliphatic carbocycles. The molecule has 1 heterocycles. The Hall–Kier alpha value is -2.63. The van der Waals surface area contributed by atoms with Crippen LogP contribution in [0.3, 0.4) is 0 Å². The van der Waals surface area contributed by atoms with E-state index in [1.54, 1.807) is 6.07 Å². The van der Waals surface area contributed by atoms with Crippen LogP contribution < -0.4 is 15.5 Å². The first kappa shape index (κ1) is 17.7. The average Bonchev–Trinajstić information content (AvgIpc) is 2.55. The van der Waals surface area contributed by atoms with Gasteiger partial charge < -0.3 is 15.5 Å². The third-order valence-corrected chi connectivity index (χ3v) is 3.56. The van der Waals surface area contributed by atoms with Crippen LogP contribution in [0.5, 0.6) is 0 Å². The SMILES string of the molecule is CC(C)CCNC(=O)c1cc(Nc2ccc(N(C)C)cc2)ncn1. The van der Waals surface area contributed by atoms with Gasteiger partial charge >= 0.3 is 0 Å². The fourth-order valence-electron chi connectivity index (χ4n) is 2.11. The Morgan fingerprint density at radius 3 is 2.50 bits per heavy atom. The first-order valence-electron chi connectivity index (χ1n) is 8.10. The molecule has 6 nitrogen and oxygen atoms in total. The van der Waals surface area contributed by atoms with Crippen LogP contribution in [0.2, 0.25) is 0 Å². The fourth-order valence-corrected chi connectivity index (χ4v) is 2.11. The van der Waals surface area contributed by atoms with E-state index >= 15 is 0 Å². The van der Waals surface area contributed by atoms with E-state index in [9.17, 15) is 4.79 Å². The summed E-state index contributed by atoms with van der Waals surface area (Å²) in [7, 11) is 3.99. The van der Waals surface area contributed by atoms with Crippen molar-refractivity contribution < 1.29 is 4.79 Å². The van der Waals surface area contributed by atoms with Gasteiger partial charge in [0.25, 0.3) is 5.91 Å². The largest absolute Gasteiger partial charge is 0.378 e. The minimum absolute atomic E-state index is 0.177. The average molecular weight is 327 g/mol. The van der Waals surface area contributed by atoms with Crippen LogP contribution in [0.15, 0.2) is 36.7 Å². The molecule has 1 aromatic carbocycles. The molecule has 0 bridgehead atoms. The summed E-state index contributed by atoms with van der Waals surface area (Å²) in [5.74, 6) is 0.971. The van der Waals surface area contributed by atoms with Crippen LogP contribution in [0, 0.1) is 5.92 Å². The van der Waals surface area contributed by atoms with Gasteiger partial charge in [-0.3, -0.25) is 4.79 Å². The zero-order valence-electron chi connectivity index (χ0n) is 14.7. The maximum absolute atomic E-state index is 12.1. The summed E-state index contributed by atoms with van der Waals surface area (Å²) < 4.78 is 0. The number of hydrogen-bond donors (Lipinski definition) is 2. The van der Waals surface area contributed by atoms with Gasteiger partial charge in [0.1, 0.15) is 17.8 Å². The van der Waals surface area contributed by atoms with Crippen molar-refractivity contribution in [2.24, 2.45) is 5.92 Å². The molecule has 1 aromatic heterocycles. The summed E-state index contributed by atoms with van der Waals surface area (Å²) in [5, 5.41) is 6.07. The van der Waals surface area contributed by atoms with Crippen LogP contribution in [0.1, 0.15) is 30.8 Å². The maximum atomic E-state index is 12.1. The maximum Gasteiger partial charge on any atom is 0.270 e. The molecule has 128 valence electrons. The molecular formula is C18H25N5O. The van der Waals surface area contributed by atoms with Crippen molar-refractivity contribution in [1.29, 1.82) is 0 Å². The fraction of sp³-hybridized carbons (Fsp3) is 0.389. The van der Waals surface area contributed by atoms with Crippen molar-refractivity contribution in [2.45, 2.75) is 20.3 Å². The number of carbonyl (C=O) groups excluding carboxylic acids is 1. The van der Waals surface area contributed by atoms with Crippen molar-refractivity contribution in [3.8, 4) is 0 Å². The lowest BCUT2D eigenvalue weighted by molar-refractivity contribution is 0.0947. The number of carbonyl (C=O) groups is 1. The number of nitrogens with zero attached hydrogens (tertiary/aromatic N) is 3. The van der Waals surface area contributed by atoms with Gasteiger partial charge in [-0.05, 0) is 36.6 Å². The van der Waals surface area contributed by atoms with E-state index in [1.807, 2.05) is 43.3 Å². The van der Waals surface area contributed by atoms with Gasteiger partial charge in [-0.25, -0.2) is 9.97 Å². The van der Waals surface area contributed by atoms with Crippen molar-refractivity contribution in [1.82, 2.24) is 15.3 Å². The van der Waals surface area contributed by atoms with Crippen molar-refractivity contribution in [3.05, 3.63) is 42.4 Å². The number of rotatable bonds is 7. The molecule has 0 fully saturated rings. The second-order valence-corrected chi connectivity index (χ2v) is 6.29. The van der Waals surface area contributed by atoms with Crippen LogP contribution >= 0.6 is 0 Å². The second-order valence-electron chi connectivity index (χ2n) is 6.29. The minimum Gasteiger partial charge on any atom is -0.378 e. The van der Waals surface area contributed by atoms with Gasteiger partial charge in [0, 0.05) is 38.1 Å². The number of amides is 1. The summed E-state index contributed by atoms with van der Waals surface area (Å²) in [4.78, 5) is 22.4. The number of hydrogen-bond acceptors (Lipinski definition) is 5. The molecule has 6 heteroatoms. The minimum atomic E-state index is -0.177. The van der Waals surface area contributed by atoms with Crippen molar-refractivity contribution in [2.75, 3.05) is 30.9 Å². The molecular weight excluding hydrogens is 302 g/mol. The van der Waals surface area contributed by atoms with Crippen LogP contribution in [0.4, 0.5) is 17.2 Å². The van der Waals surface area contributed by atoms with E-state index in [0.29, 0.717) is 24.0 Å². The zero-order chi connectivity index (χ0) is 17.5. The van der Waals surface area contributed by atoms with E-state index in [-0.39, 0.29) is 5.91 Å². The number of aromatic nitrogens is 2. The Kier molecular flexibility index (Phi) is 6.12. The molecule has 0 saturated carbocycles. The number of anilines is 3. The molecule has 24 heavy (non-hydrogen) atoms. The topological polar surface area (TPSA) is 70.2 Å². The molecule has 0 atom stereocenters. The van der Waals surface area contributed by atoms with Gasteiger partial charge in [-0.1, -0.05) is 13.8 Å². The van der Waals surface area contributed by atoms with Gasteiger partial charge in [0.05, 0.1) is 0 Å². The summed E-state index contributed by atoms with van der Waals surface area (Å²) in [6, 6.07) is 9.64. The smallest absolute Gasteiger partial charge is 0.270 e. The summed E-state index contributed by atoms with van der Waals surface area (Å²) in [6.45, 7) is 4.90. The molecule has 0 saturated heterocycles. The molecule has 0 radical (unpaired) electrons. The Balaban J connectivity index is 2.00. The first-order chi connectivity index (χ1) is 11.5. The molecule has 2 aromatic rings. The molecule has 0 aliphatic heterocycles. The molecule has 2 rings (SSSR count). The van der Waals surface area contributed by atoms with E-state index in [4.69, 9.17) is 0 Å². The Labute approximate surface area is 143 Å². The highest BCUT2D eigenvalue weighted by atomic mass is 16.1. The Bertz CT molecular complexity index is 667. The molecule has 2 N–H and O–H groups in total. The summed E-state index contributed by atoms with van der Waals surface area (Å²) in [5.41, 5.74) is 2.39. The third kappa shape index (κ3) is 5.22. The predicted molar refractivity (Wildman–Crippen MR) is 97.9 cm³/mol. The second kappa shape index (κ2) is 8.29. The highest BCUT2D eigenvalue weighted by Gasteiger charge is 2.09. The van der Waals surface area contributed by atoms with Crippen molar-refractivity contribution >= 4 is 23.1 Å². The predicted octanol–water partition coefficient (Wildman–Crippen LogP) is 3.06. The number of benzene rings is 1. The monoisotopic (exact) mass is 327 g/mol. The lowest BCUT2D eigenvalue weighted by atomic mass is 10.1. The Morgan fingerprint density at radius 2 is 1.88 bits per heavy atom. The Morgan fingerprint density at radius 1 is 1.17 bits per heavy atom. The molecule has 1 amide bonds. The quantitative estimate of drug-likeness (QED) is 0.818. The molecule has 0 spiro atoms. The highest BCUT2D eigenvalue weighted by Crippen LogP contribution is 2.19. The summed E-state index contributed by atoms with van der Waals surface area (Å²) in [6.07, 6.45) is 2.34. The van der Waals surface area contributed by atoms with E-state index in [1.165, 1.54) is 6.33 Å². The first-order valence-corrected chi connectivity index (χ1v) is 8.10. The standard InChI is InChI=1S/C18H25N5O/c1-13(2)9-10-19-18(24)16-11-17(21-12-20-16)22-14-5-7-15(8-6-14)23(3)4/h5-8,11-13H,9-10H2,1-4H3,(H,19,24)(H,20,21,22). The molecule has 0 aliphatic rings. The normalized spacial score (nSPS) is 10.5. The third-order valence-electron chi connectivity index (χ3n) is 3.56. The van der Waals surface area contributed by atoms with Gasteiger partial charge in [-0.15, -0.1) is 0 Å². The van der Waals surface area contributed by atoms with Gasteiger partial charge in [0.15, 0.2) is 0 Å². The van der Waals surface area contributed by atoms with Crippen molar-refractivity contribution in [3.63, 3.8) is 0 Å². The van der Waals surface area contributed by atoms with E-state index < -0.39 is 0 Å². The molecule has 0 unspecified atom stereocenters. The highest BCUT2D eigenvalue weighted by molar-refractivity contribution is 5.92.